The second kappa shape index (κ2) is 6.43. The Bertz CT molecular complexity index is 117. The molecule has 0 spiro atoms. The van der Waals surface area contributed by atoms with Crippen molar-refractivity contribution in [2.24, 2.45) is 5.92 Å². The summed E-state index contributed by atoms with van der Waals surface area (Å²) in [6.07, 6.45) is 0.262. The normalized spacial score (nSPS) is 12.4. The van der Waals surface area contributed by atoms with Crippen LogP contribution in [-0.2, 0) is 4.79 Å². The molecule has 1 unspecified atom stereocenters. The van der Waals surface area contributed by atoms with Crippen LogP contribution in [0.4, 0.5) is 0 Å². The summed E-state index contributed by atoms with van der Waals surface area (Å²) in [4.78, 5) is 12.2. The average molecular weight is 182 g/mol. The van der Waals surface area contributed by atoms with Gasteiger partial charge in [-0.2, -0.15) is 0 Å². The molecule has 0 fully saturated rings. The fourth-order valence-corrected chi connectivity index (χ4v) is 0.986. The summed E-state index contributed by atoms with van der Waals surface area (Å²) in [7, 11) is 3.89. The molecule has 1 atom stereocenters. The van der Waals surface area contributed by atoms with Crippen LogP contribution in [-0.4, -0.2) is 36.6 Å². The van der Waals surface area contributed by atoms with Gasteiger partial charge in [0.05, 0.1) is 0 Å². The zero-order valence-electron chi connectivity index (χ0n) is 7.20. The van der Waals surface area contributed by atoms with Gasteiger partial charge in [0, 0.05) is 13.0 Å². The third-order valence-corrected chi connectivity index (χ3v) is 1.20. The first-order chi connectivity index (χ1) is 4.52. The molecule has 3 nitrogen and oxygen atoms in total. The third kappa shape index (κ3) is 9.72. The van der Waals surface area contributed by atoms with Gasteiger partial charge in [-0.1, -0.05) is 6.92 Å². The van der Waals surface area contributed by atoms with Gasteiger partial charge < -0.3 is 10.0 Å². The van der Waals surface area contributed by atoms with Gasteiger partial charge in [-0.05, 0) is 20.0 Å². The molecule has 68 valence electrons. The molecule has 0 saturated heterocycles. The molecule has 0 aliphatic heterocycles. The molecule has 0 heterocycles. The monoisotopic (exact) mass is 181 g/mol. The van der Waals surface area contributed by atoms with Crippen molar-refractivity contribution in [2.45, 2.75) is 13.3 Å². The highest BCUT2D eigenvalue weighted by Crippen LogP contribution is 2.01. The van der Waals surface area contributed by atoms with E-state index in [0.717, 1.165) is 6.54 Å². The molecule has 0 saturated carbocycles. The fourth-order valence-electron chi connectivity index (χ4n) is 0.986. The second-order valence-corrected chi connectivity index (χ2v) is 2.97. The van der Waals surface area contributed by atoms with Crippen LogP contribution < -0.4 is 0 Å². The van der Waals surface area contributed by atoms with Crippen LogP contribution in [0.2, 0.25) is 0 Å². The van der Waals surface area contributed by atoms with Crippen molar-refractivity contribution in [1.82, 2.24) is 4.90 Å². The van der Waals surface area contributed by atoms with Crippen LogP contribution in [0.15, 0.2) is 0 Å². The molecule has 1 N–H and O–H groups in total. The maximum absolute atomic E-state index is 10.2. The van der Waals surface area contributed by atoms with Gasteiger partial charge in [-0.3, -0.25) is 4.79 Å². The number of hydrogen-bond acceptors (Lipinski definition) is 2. The van der Waals surface area contributed by atoms with Crippen molar-refractivity contribution in [2.75, 3.05) is 20.6 Å². The smallest absolute Gasteiger partial charge is 0.303 e. The van der Waals surface area contributed by atoms with Crippen molar-refractivity contribution in [3.8, 4) is 0 Å². The van der Waals surface area contributed by atoms with E-state index in [4.69, 9.17) is 5.11 Å². The van der Waals surface area contributed by atoms with Crippen LogP contribution in [0.1, 0.15) is 13.3 Å². The third-order valence-electron chi connectivity index (χ3n) is 1.20. The summed E-state index contributed by atoms with van der Waals surface area (Å²) < 4.78 is 0. The summed E-state index contributed by atoms with van der Waals surface area (Å²) >= 11 is 0. The van der Waals surface area contributed by atoms with E-state index in [-0.39, 0.29) is 24.7 Å². The first kappa shape index (κ1) is 13.3. The largest absolute Gasteiger partial charge is 0.481 e. The van der Waals surface area contributed by atoms with E-state index in [1.165, 1.54) is 0 Å². The van der Waals surface area contributed by atoms with Gasteiger partial charge in [0.2, 0.25) is 0 Å². The number of carboxylic acids is 1. The first-order valence-corrected chi connectivity index (χ1v) is 3.39. The van der Waals surface area contributed by atoms with Crippen molar-refractivity contribution >= 4 is 18.4 Å². The van der Waals surface area contributed by atoms with E-state index in [1.54, 1.807) is 0 Å². The lowest BCUT2D eigenvalue weighted by molar-refractivity contribution is -0.138. The van der Waals surface area contributed by atoms with Crippen LogP contribution in [0, 0.1) is 5.92 Å². The zero-order valence-corrected chi connectivity index (χ0v) is 8.02. The summed E-state index contributed by atoms with van der Waals surface area (Å²) in [5, 5.41) is 8.38. The quantitative estimate of drug-likeness (QED) is 0.706. The van der Waals surface area contributed by atoms with Crippen molar-refractivity contribution in [1.29, 1.82) is 0 Å². The number of carboxylic acid groups (broad SMARTS) is 1. The van der Waals surface area contributed by atoms with Crippen molar-refractivity contribution < 1.29 is 9.90 Å². The molecule has 4 heteroatoms. The number of rotatable bonds is 4. The van der Waals surface area contributed by atoms with Gasteiger partial charge in [0.15, 0.2) is 0 Å². The van der Waals surface area contributed by atoms with Gasteiger partial charge in [-0.15, -0.1) is 12.4 Å². The fraction of sp³-hybridized carbons (Fsp3) is 0.857. The van der Waals surface area contributed by atoms with Gasteiger partial charge in [0.25, 0.3) is 0 Å². The SMILES string of the molecule is CC(CC(=O)O)CN(C)C.Cl. The number of halogens is 1. The Morgan fingerprint density at radius 2 is 2.00 bits per heavy atom. The minimum absolute atomic E-state index is 0. The summed E-state index contributed by atoms with van der Waals surface area (Å²) in [6, 6.07) is 0. The Hall–Kier alpha value is -0.280. The predicted molar refractivity (Wildman–Crippen MR) is 47.2 cm³/mol. The van der Waals surface area contributed by atoms with E-state index in [9.17, 15) is 4.79 Å². The molecule has 0 aromatic heterocycles. The standard InChI is InChI=1S/C7H15NO2.ClH/c1-6(4-7(9)10)5-8(2)3;/h6H,4-5H2,1-3H3,(H,9,10);1H. The van der Waals surface area contributed by atoms with E-state index >= 15 is 0 Å². The van der Waals surface area contributed by atoms with E-state index in [0.29, 0.717) is 0 Å². The first-order valence-electron chi connectivity index (χ1n) is 3.39. The lowest BCUT2D eigenvalue weighted by atomic mass is 10.1. The number of nitrogens with zero attached hydrogens (tertiary/aromatic N) is 1. The molecule has 0 rings (SSSR count). The lowest BCUT2D eigenvalue weighted by Gasteiger charge is -2.14. The summed E-state index contributed by atoms with van der Waals surface area (Å²) in [5.41, 5.74) is 0. The van der Waals surface area contributed by atoms with Gasteiger partial charge in [0.1, 0.15) is 0 Å². The molecular weight excluding hydrogens is 166 g/mol. The van der Waals surface area contributed by atoms with Crippen molar-refractivity contribution in [3.63, 3.8) is 0 Å². The Labute approximate surface area is 73.8 Å². The summed E-state index contributed by atoms with van der Waals surface area (Å²) in [6.45, 7) is 2.78. The number of carbonyl (C=O) groups is 1. The Kier molecular flexibility index (Phi) is 7.79. The van der Waals surface area contributed by atoms with Crippen LogP contribution in [0.5, 0.6) is 0 Å². The highest BCUT2D eigenvalue weighted by molar-refractivity contribution is 5.85. The Balaban J connectivity index is 0. The topological polar surface area (TPSA) is 40.5 Å². The molecule has 0 aliphatic carbocycles. The van der Waals surface area contributed by atoms with E-state index in [1.807, 2.05) is 25.9 Å². The molecule has 0 radical (unpaired) electrons. The second-order valence-electron chi connectivity index (χ2n) is 2.97. The van der Waals surface area contributed by atoms with Crippen LogP contribution >= 0.6 is 12.4 Å². The van der Waals surface area contributed by atoms with Crippen LogP contribution in [0.3, 0.4) is 0 Å². The molecule has 11 heavy (non-hydrogen) atoms. The number of aliphatic carboxylic acids is 1. The highest BCUT2D eigenvalue weighted by atomic mass is 35.5. The maximum atomic E-state index is 10.2. The average Bonchev–Trinajstić information content (AvgIpc) is 1.58. The molecule has 0 aromatic rings. The van der Waals surface area contributed by atoms with Crippen LogP contribution in [0.25, 0.3) is 0 Å². The molecular formula is C7H16ClNO2. The van der Waals surface area contributed by atoms with E-state index < -0.39 is 5.97 Å². The number of hydrogen-bond donors (Lipinski definition) is 1. The van der Waals surface area contributed by atoms with Gasteiger partial charge >= 0.3 is 5.97 Å². The zero-order chi connectivity index (χ0) is 8.15. The predicted octanol–water partition coefficient (Wildman–Crippen LogP) is 1.08. The molecule has 0 aliphatic rings. The molecule has 0 bridgehead atoms. The maximum Gasteiger partial charge on any atom is 0.303 e. The molecule has 0 amide bonds. The molecule has 0 aromatic carbocycles. The van der Waals surface area contributed by atoms with Crippen molar-refractivity contribution in [3.05, 3.63) is 0 Å². The minimum atomic E-state index is -0.714. The lowest BCUT2D eigenvalue weighted by Crippen LogP contribution is -2.21. The highest BCUT2D eigenvalue weighted by Gasteiger charge is 2.07. The van der Waals surface area contributed by atoms with E-state index in [2.05, 4.69) is 0 Å². The Morgan fingerprint density at radius 3 is 2.27 bits per heavy atom. The van der Waals surface area contributed by atoms with Gasteiger partial charge in [-0.25, -0.2) is 0 Å². The minimum Gasteiger partial charge on any atom is -0.481 e. The Morgan fingerprint density at radius 1 is 1.55 bits per heavy atom. The summed E-state index contributed by atoms with van der Waals surface area (Å²) in [5.74, 6) is -0.471.